The molecule has 0 aromatic heterocycles. The molecule has 5 heteroatoms. The van der Waals surface area contributed by atoms with E-state index in [1.165, 1.54) is 0 Å². The first-order chi connectivity index (χ1) is 9.57. The third-order valence-electron chi connectivity index (χ3n) is 2.48. The van der Waals surface area contributed by atoms with Crippen molar-refractivity contribution >= 4 is 9.84 Å². The van der Waals surface area contributed by atoms with Gasteiger partial charge in [0.2, 0.25) is 0 Å². The van der Waals surface area contributed by atoms with Gasteiger partial charge in [-0.3, -0.25) is 0 Å². The molecule has 0 unspecified atom stereocenters. The quantitative estimate of drug-likeness (QED) is 0.777. The molecule has 1 rings (SSSR count). The third-order valence-corrected chi connectivity index (χ3v) is 4.30. The summed E-state index contributed by atoms with van der Waals surface area (Å²) in [4.78, 5) is 0. The van der Waals surface area contributed by atoms with Crippen molar-refractivity contribution in [2.45, 2.75) is 19.8 Å². The zero-order chi connectivity index (χ0) is 14.8. The maximum atomic E-state index is 11.5. The average Bonchev–Trinajstić information content (AvgIpc) is 2.39. The van der Waals surface area contributed by atoms with E-state index in [2.05, 4.69) is 11.8 Å². The van der Waals surface area contributed by atoms with E-state index in [0.717, 1.165) is 5.56 Å². The Balaban J connectivity index is 2.53. The number of sulfone groups is 1. The van der Waals surface area contributed by atoms with Crippen molar-refractivity contribution in [2.75, 3.05) is 24.7 Å². The van der Waals surface area contributed by atoms with Crippen LogP contribution in [0.15, 0.2) is 24.3 Å². The Morgan fingerprint density at radius 1 is 1.30 bits per heavy atom. The lowest BCUT2D eigenvalue weighted by atomic mass is 10.2. The molecule has 0 aliphatic carbocycles. The Labute approximate surface area is 120 Å². The molecule has 0 atom stereocenters. The van der Waals surface area contributed by atoms with Crippen molar-refractivity contribution in [3.63, 3.8) is 0 Å². The van der Waals surface area contributed by atoms with Crippen LogP contribution in [-0.2, 0) is 9.84 Å². The molecule has 0 aliphatic heterocycles. The van der Waals surface area contributed by atoms with Crippen molar-refractivity contribution in [1.29, 1.82) is 0 Å². The van der Waals surface area contributed by atoms with Crippen molar-refractivity contribution in [1.82, 2.24) is 0 Å². The minimum absolute atomic E-state index is 0.0290. The van der Waals surface area contributed by atoms with E-state index in [4.69, 9.17) is 9.84 Å². The Morgan fingerprint density at radius 2 is 2.10 bits per heavy atom. The molecular weight excluding hydrogens is 276 g/mol. The average molecular weight is 296 g/mol. The highest BCUT2D eigenvalue weighted by molar-refractivity contribution is 7.91. The predicted molar refractivity (Wildman–Crippen MR) is 79.5 cm³/mol. The molecule has 1 aromatic rings. The number of ether oxygens (including phenoxy) is 1. The predicted octanol–water partition coefficient (Wildman–Crippen LogP) is 1.62. The van der Waals surface area contributed by atoms with E-state index in [-0.39, 0.29) is 24.7 Å². The van der Waals surface area contributed by atoms with Gasteiger partial charge in [0.05, 0.1) is 18.1 Å². The van der Waals surface area contributed by atoms with E-state index < -0.39 is 9.84 Å². The Kier molecular flexibility index (Phi) is 7.13. The maximum Gasteiger partial charge on any atom is 0.153 e. The number of aliphatic hydroxyl groups is 1. The zero-order valence-corrected chi connectivity index (χ0v) is 12.4. The van der Waals surface area contributed by atoms with Gasteiger partial charge in [-0.15, -0.1) is 0 Å². The molecule has 0 saturated carbocycles. The summed E-state index contributed by atoms with van der Waals surface area (Å²) < 4.78 is 28.5. The van der Waals surface area contributed by atoms with Crippen LogP contribution in [0.5, 0.6) is 5.75 Å². The molecule has 110 valence electrons. The lowest BCUT2D eigenvalue weighted by molar-refractivity contribution is 0.305. The number of hydrogen-bond acceptors (Lipinski definition) is 4. The van der Waals surface area contributed by atoms with E-state index in [1.807, 2.05) is 13.0 Å². The summed E-state index contributed by atoms with van der Waals surface area (Å²) in [6, 6.07) is 7.17. The second-order valence-corrected chi connectivity index (χ2v) is 6.61. The number of aliphatic hydroxyl groups excluding tert-OH is 1. The number of hydrogen-bond donors (Lipinski definition) is 1. The highest BCUT2D eigenvalue weighted by Crippen LogP contribution is 2.12. The van der Waals surface area contributed by atoms with Gasteiger partial charge in [0.1, 0.15) is 12.4 Å². The van der Waals surface area contributed by atoms with Crippen molar-refractivity contribution in [3.8, 4) is 17.6 Å². The number of benzene rings is 1. The second kappa shape index (κ2) is 8.62. The lowest BCUT2D eigenvalue weighted by Crippen LogP contribution is -2.16. The maximum absolute atomic E-state index is 11.5. The van der Waals surface area contributed by atoms with Gasteiger partial charge in [-0.1, -0.05) is 24.8 Å². The highest BCUT2D eigenvalue weighted by atomic mass is 32.2. The molecule has 1 N–H and O–H groups in total. The van der Waals surface area contributed by atoms with Crippen LogP contribution < -0.4 is 4.74 Å². The van der Waals surface area contributed by atoms with Crippen LogP contribution >= 0.6 is 0 Å². The van der Waals surface area contributed by atoms with Gasteiger partial charge in [-0.25, -0.2) is 8.42 Å². The van der Waals surface area contributed by atoms with Gasteiger partial charge in [0.25, 0.3) is 0 Å². The van der Waals surface area contributed by atoms with Crippen LogP contribution in [-0.4, -0.2) is 38.2 Å². The lowest BCUT2D eigenvalue weighted by Gasteiger charge is -2.06. The van der Waals surface area contributed by atoms with Crippen LogP contribution in [0.2, 0.25) is 0 Å². The second-order valence-electron chi connectivity index (χ2n) is 4.30. The fourth-order valence-electron chi connectivity index (χ4n) is 1.58. The first-order valence-electron chi connectivity index (χ1n) is 6.60. The van der Waals surface area contributed by atoms with E-state index >= 15 is 0 Å². The molecule has 0 spiro atoms. The molecular formula is C15H20O4S. The highest BCUT2D eigenvalue weighted by Gasteiger charge is 2.09. The Hall–Kier alpha value is -1.51. The monoisotopic (exact) mass is 296 g/mol. The molecule has 0 heterocycles. The molecule has 0 bridgehead atoms. The van der Waals surface area contributed by atoms with E-state index in [1.54, 1.807) is 18.2 Å². The van der Waals surface area contributed by atoms with Gasteiger partial charge in [-0.05, 0) is 24.6 Å². The van der Waals surface area contributed by atoms with Crippen LogP contribution in [0.1, 0.15) is 25.3 Å². The third kappa shape index (κ3) is 6.60. The first kappa shape index (κ1) is 16.5. The number of rotatable bonds is 7. The normalized spacial score (nSPS) is 10.7. The summed E-state index contributed by atoms with van der Waals surface area (Å²) >= 11 is 0. The Morgan fingerprint density at radius 3 is 2.80 bits per heavy atom. The van der Waals surface area contributed by atoms with Crippen LogP contribution in [0, 0.1) is 11.8 Å². The molecule has 1 aromatic carbocycles. The molecule has 0 saturated heterocycles. The van der Waals surface area contributed by atoms with Gasteiger partial charge in [-0.2, -0.15) is 0 Å². The summed E-state index contributed by atoms with van der Waals surface area (Å²) in [5.41, 5.74) is 0.785. The molecule has 20 heavy (non-hydrogen) atoms. The van der Waals surface area contributed by atoms with Crippen molar-refractivity contribution < 1.29 is 18.3 Å². The molecule has 0 radical (unpaired) electrons. The SMILES string of the molecule is CCCS(=O)(=O)CCOc1cccc(C#CCCO)c1. The first-order valence-corrected chi connectivity index (χ1v) is 8.42. The fraction of sp³-hybridized carbons (Fsp3) is 0.467. The van der Waals surface area contributed by atoms with Crippen molar-refractivity contribution in [3.05, 3.63) is 29.8 Å². The standard InChI is InChI=1S/C15H20O4S/c1-2-11-20(17,18)12-10-19-15-8-5-7-14(13-15)6-3-4-9-16/h5,7-8,13,16H,2,4,9-12H2,1H3. The largest absolute Gasteiger partial charge is 0.492 e. The summed E-state index contributed by atoms with van der Waals surface area (Å²) in [6.45, 7) is 2.03. The molecule has 4 nitrogen and oxygen atoms in total. The van der Waals surface area contributed by atoms with E-state index in [0.29, 0.717) is 18.6 Å². The topological polar surface area (TPSA) is 63.6 Å². The molecule has 0 amide bonds. The summed E-state index contributed by atoms with van der Waals surface area (Å²) in [5, 5.41) is 8.65. The van der Waals surface area contributed by atoms with Crippen molar-refractivity contribution in [2.24, 2.45) is 0 Å². The van der Waals surface area contributed by atoms with Gasteiger partial charge in [0.15, 0.2) is 9.84 Å². The van der Waals surface area contributed by atoms with Crippen LogP contribution in [0.3, 0.4) is 0 Å². The van der Waals surface area contributed by atoms with Crippen LogP contribution in [0.4, 0.5) is 0 Å². The minimum atomic E-state index is -3.01. The smallest absolute Gasteiger partial charge is 0.153 e. The minimum Gasteiger partial charge on any atom is -0.492 e. The van der Waals surface area contributed by atoms with Crippen LogP contribution in [0.25, 0.3) is 0 Å². The summed E-state index contributed by atoms with van der Waals surface area (Å²) in [6.07, 6.45) is 1.05. The van der Waals surface area contributed by atoms with Gasteiger partial charge < -0.3 is 9.84 Å². The van der Waals surface area contributed by atoms with Gasteiger partial charge >= 0.3 is 0 Å². The summed E-state index contributed by atoms with van der Waals surface area (Å²) in [7, 11) is -3.01. The summed E-state index contributed by atoms with van der Waals surface area (Å²) in [5.74, 6) is 6.56. The molecule has 0 fully saturated rings. The molecule has 0 aliphatic rings. The Bertz CT molecular complexity index is 567. The zero-order valence-electron chi connectivity index (χ0n) is 11.6. The fourth-order valence-corrected chi connectivity index (χ4v) is 2.75. The van der Waals surface area contributed by atoms with E-state index in [9.17, 15) is 8.42 Å². The van der Waals surface area contributed by atoms with Gasteiger partial charge in [0, 0.05) is 12.0 Å².